The highest BCUT2D eigenvalue weighted by Crippen LogP contribution is 2.28. The lowest BCUT2D eigenvalue weighted by Gasteiger charge is -2.33. The quantitative estimate of drug-likeness (QED) is 0.899. The molecule has 114 valence electrons. The zero-order chi connectivity index (χ0) is 15.4. The lowest BCUT2D eigenvalue weighted by Crippen LogP contribution is -2.49. The van der Waals surface area contributed by atoms with Gasteiger partial charge >= 0.3 is 12.0 Å². The van der Waals surface area contributed by atoms with Crippen LogP contribution < -0.4 is 10.1 Å². The number of piperidine rings is 1. The first-order chi connectivity index (χ1) is 10.0. The number of hydrogen-bond donors (Lipinski definition) is 2. The van der Waals surface area contributed by atoms with E-state index in [1.54, 1.807) is 18.2 Å². The van der Waals surface area contributed by atoms with Gasteiger partial charge < -0.3 is 20.1 Å². The number of carboxylic acids is 1. The highest BCUT2D eigenvalue weighted by Gasteiger charge is 2.32. The number of carbonyl (C=O) groups is 2. The van der Waals surface area contributed by atoms with Gasteiger partial charge in [-0.15, -0.1) is 0 Å². The number of amides is 2. The van der Waals surface area contributed by atoms with Crippen molar-refractivity contribution in [3.05, 3.63) is 23.2 Å². The minimum absolute atomic E-state index is 0.421. The number of benzene rings is 1. The van der Waals surface area contributed by atoms with Crippen LogP contribution in [0, 0.1) is 0 Å². The molecule has 1 aliphatic heterocycles. The molecule has 1 fully saturated rings. The Balaban J connectivity index is 2.16. The number of carboxylic acid groups (broad SMARTS) is 1. The van der Waals surface area contributed by atoms with E-state index < -0.39 is 18.0 Å². The number of rotatable bonds is 3. The molecule has 0 aliphatic carbocycles. The molecule has 0 bridgehead atoms. The van der Waals surface area contributed by atoms with Gasteiger partial charge in [0, 0.05) is 11.6 Å². The summed E-state index contributed by atoms with van der Waals surface area (Å²) in [7, 11) is 1.49. The van der Waals surface area contributed by atoms with Gasteiger partial charge in [0.1, 0.15) is 11.8 Å². The SMILES string of the molecule is COc1ccc(Cl)cc1NC(=O)N1CCCCC1C(=O)O. The van der Waals surface area contributed by atoms with E-state index in [1.165, 1.54) is 12.0 Å². The fraction of sp³-hybridized carbons (Fsp3) is 0.429. The van der Waals surface area contributed by atoms with Crippen molar-refractivity contribution in [2.24, 2.45) is 0 Å². The van der Waals surface area contributed by atoms with Crippen molar-refractivity contribution in [1.29, 1.82) is 0 Å². The number of halogens is 1. The van der Waals surface area contributed by atoms with Crippen molar-refractivity contribution in [3.8, 4) is 5.75 Å². The molecule has 1 saturated heterocycles. The number of methoxy groups -OCH3 is 1. The normalized spacial score (nSPS) is 18.2. The van der Waals surface area contributed by atoms with Gasteiger partial charge in [0.2, 0.25) is 0 Å². The molecule has 1 heterocycles. The molecule has 1 unspecified atom stereocenters. The summed E-state index contributed by atoms with van der Waals surface area (Å²) in [5.41, 5.74) is 0.421. The molecule has 2 rings (SSSR count). The Kier molecular flexibility index (Phi) is 4.90. The summed E-state index contributed by atoms with van der Waals surface area (Å²) < 4.78 is 5.15. The maximum atomic E-state index is 12.3. The standard InChI is InChI=1S/C14H17ClN2O4/c1-21-12-6-5-9(15)8-10(12)16-14(20)17-7-3-2-4-11(17)13(18)19/h5-6,8,11H,2-4,7H2,1H3,(H,16,20)(H,18,19). The van der Waals surface area contributed by atoms with Crippen LogP contribution in [0.1, 0.15) is 19.3 Å². The Morgan fingerprint density at radius 1 is 1.43 bits per heavy atom. The van der Waals surface area contributed by atoms with E-state index in [0.717, 1.165) is 12.8 Å². The van der Waals surface area contributed by atoms with Crippen LogP contribution in [0.25, 0.3) is 0 Å². The third kappa shape index (κ3) is 3.58. The van der Waals surface area contributed by atoms with Gasteiger partial charge in [0.25, 0.3) is 0 Å². The molecular weight excluding hydrogens is 296 g/mol. The smallest absolute Gasteiger partial charge is 0.326 e. The number of ether oxygens (including phenoxy) is 1. The summed E-state index contributed by atoms with van der Waals surface area (Å²) in [5, 5.41) is 12.3. The monoisotopic (exact) mass is 312 g/mol. The average molecular weight is 313 g/mol. The minimum Gasteiger partial charge on any atom is -0.495 e. The molecule has 0 radical (unpaired) electrons. The maximum absolute atomic E-state index is 12.3. The molecular formula is C14H17ClN2O4. The first kappa shape index (κ1) is 15.4. The lowest BCUT2D eigenvalue weighted by atomic mass is 10.0. The largest absolute Gasteiger partial charge is 0.495 e. The van der Waals surface area contributed by atoms with Crippen LogP contribution in [0.4, 0.5) is 10.5 Å². The van der Waals surface area contributed by atoms with E-state index in [-0.39, 0.29) is 0 Å². The number of nitrogens with zero attached hydrogens (tertiary/aromatic N) is 1. The van der Waals surface area contributed by atoms with Crippen molar-refractivity contribution in [2.45, 2.75) is 25.3 Å². The summed E-state index contributed by atoms with van der Waals surface area (Å²) in [6.07, 6.45) is 2.07. The van der Waals surface area contributed by atoms with Gasteiger partial charge in [0.05, 0.1) is 12.8 Å². The first-order valence-corrected chi connectivity index (χ1v) is 7.04. The molecule has 1 aromatic carbocycles. The topological polar surface area (TPSA) is 78.9 Å². The second-order valence-electron chi connectivity index (χ2n) is 4.82. The van der Waals surface area contributed by atoms with E-state index in [1.807, 2.05) is 0 Å². The highest BCUT2D eigenvalue weighted by molar-refractivity contribution is 6.31. The summed E-state index contributed by atoms with van der Waals surface area (Å²) in [5.74, 6) is -0.514. The zero-order valence-electron chi connectivity index (χ0n) is 11.6. The van der Waals surface area contributed by atoms with E-state index >= 15 is 0 Å². The van der Waals surface area contributed by atoms with Gasteiger partial charge in [-0.3, -0.25) is 0 Å². The van der Waals surface area contributed by atoms with Crippen LogP contribution in [0.3, 0.4) is 0 Å². The Labute approximate surface area is 127 Å². The summed E-state index contributed by atoms with van der Waals surface area (Å²) in [6, 6.07) is 3.62. The molecule has 1 aliphatic rings. The van der Waals surface area contributed by atoms with E-state index in [9.17, 15) is 14.7 Å². The zero-order valence-corrected chi connectivity index (χ0v) is 12.4. The van der Waals surface area contributed by atoms with Gasteiger partial charge in [-0.25, -0.2) is 9.59 Å². The van der Waals surface area contributed by atoms with Crippen LogP contribution >= 0.6 is 11.6 Å². The van der Waals surface area contributed by atoms with Gasteiger partial charge in [0.15, 0.2) is 0 Å². The third-order valence-corrected chi connectivity index (χ3v) is 3.69. The van der Waals surface area contributed by atoms with Crippen molar-refractivity contribution in [2.75, 3.05) is 19.0 Å². The summed E-state index contributed by atoms with van der Waals surface area (Å²) >= 11 is 5.91. The van der Waals surface area contributed by atoms with Crippen LogP contribution in [-0.2, 0) is 4.79 Å². The molecule has 0 aromatic heterocycles. The van der Waals surface area contributed by atoms with Gasteiger partial charge in [-0.2, -0.15) is 0 Å². The van der Waals surface area contributed by atoms with Crippen molar-refractivity contribution < 1.29 is 19.4 Å². The summed E-state index contributed by atoms with van der Waals surface area (Å²) in [4.78, 5) is 24.9. The number of carbonyl (C=O) groups excluding carboxylic acids is 1. The Bertz CT molecular complexity index is 550. The molecule has 0 spiro atoms. The summed E-state index contributed by atoms with van der Waals surface area (Å²) in [6.45, 7) is 0.422. The molecule has 6 nitrogen and oxygen atoms in total. The van der Waals surface area contributed by atoms with Crippen LogP contribution in [0.2, 0.25) is 5.02 Å². The molecule has 2 amide bonds. The second kappa shape index (κ2) is 6.67. The predicted molar refractivity (Wildman–Crippen MR) is 79.0 cm³/mol. The van der Waals surface area contributed by atoms with Crippen molar-refractivity contribution >= 4 is 29.3 Å². The Morgan fingerprint density at radius 2 is 2.19 bits per heavy atom. The molecule has 7 heteroatoms. The number of aliphatic carboxylic acids is 1. The van der Waals surface area contributed by atoms with Crippen LogP contribution in [-0.4, -0.2) is 41.7 Å². The van der Waals surface area contributed by atoms with E-state index in [2.05, 4.69) is 5.32 Å². The van der Waals surface area contributed by atoms with Crippen LogP contribution in [0.15, 0.2) is 18.2 Å². The maximum Gasteiger partial charge on any atom is 0.326 e. The van der Waals surface area contributed by atoms with E-state index in [0.29, 0.717) is 29.4 Å². The second-order valence-corrected chi connectivity index (χ2v) is 5.25. The highest BCUT2D eigenvalue weighted by atomic mass is 35.5. The van der Waals surface area contributed by atoms with Crippen molar-refractivity contribution in [1.82, 2.24) is 4.90 Å². The van der Waals surface area contributed by atoms with Gasteiger partial charge in [-0.05, 0) is 37.5 Å². The fourth-order valence-corrected chi connectivity index (χ4v) is 2.57. The molecule has 1 aromatic rings. The van der Waals surface area contributed by atoms with Gasteiger partial charge in [-0.1, -0.05) is 11.6 Å². The Morgan fingerprint density at radius 3 is 2.86 bits per heavy atom. The third-order valence-electron chi connectivity index (χ3n) is 3.45. The number of urea groups is 1. The molecule has 1 atom stereocenters. The lowest BCUT2D eigenvalue weighted by molar-refractivity contribution is -0.143. The minimum atomic E-state index is -0.983. The van der Waals surface area contributed by atoms with E-state index in [4.69, 9.17) is 16.3 Å². The predicted octanol–water partition coefficient (Wildman–Crippen LogP) is 2.82. The number of hydrogen-bond acceptors (Lipinski definition) is 3. The number of likely N-dealkylation sites (tertiary alicyclic amines) is 1. The number of anilines is 1. The van der Waals surface area contributed by atoms with Crippen molar-refractivity contribution in [3.63, 3.8) is 0 Å². The van der Waals surface area contributed by atoms with Crippen LogP contribution in [0.5, 0.6) is 5.75 Å². The average Bonchev–Trinajstić information content (AvgIpc) is 2.47. The molecule has 21 heavy (non-hydrogen) atoms. The Hall–Kier alpha value is -1.95. The fourth-order valence-electron chi connectivity index (χ4n) is 2.40. The molecule has 0 saturated carbocycles. The molecule has 2 N–H and O–H groups in total. The first-order valence-electron chi connectivity index (χ1n) is 6.67. The number of nitrogens with one attached hydrogen (secondary N) is 1.